The Kier molecular flexibility index (Phi) is 3.27. The number of aromatic nitrogens is 2. The molecule has 0 spiro atoms. The van der Waals surface area contributed by atoms with E-state index in [0.717, 1.165) is 17.8 Å². The molecule has 0 amide bonds. The quantitative estimate of drug-likeness (QED) is 0.848. The summed E-state index contributed by atoms with van der Waals surface area (Å²) < 4.78 is 0. The molecule has 1 atom stereocenters. The monoisotopic (exact) mass is 213 g/mol. The van der Waals surface area contributed by atoms with Crippen molar-refractivity contribution in [1.82, 2.24) is 9.97 Å². The van der Waals surface area contributed by atoms with Crippen molar-refractivity contribution >= 4 is 0 Å². The third-order valence-electron chi connectivity index (χ3n) is 2.50. The van der Waals surface area contributed by atoms with Gasteiger partial charge in [0.25, 0.3) is 0 Å². The van der Waals surface area contributed by atoms with Crippen LogP contribution in [0.2, 0.25) is 0 Å². The number of hydrogen-bond donors (Lipinski definition) is 1. The van der Waals surface area contributed by atoms with Crippen molar-refractivity contribution in [1.29, 1.82) is 0 Å². The zero-order valence-electron chi connectivity index (χ0n) is 9.30. The molecule has 3 nitrogen and oxygen atoms in total. The second kappa shape index (κ2) is 4.86. The molecular formula is C13H15N3. The summed E-state index contributed by atoms with van der Waals surface area (Å²) in [6.45, 7) is 1.94. The van der Waals surface area contributed by atoms with Gasteiger partial charge in [0.1, 0.15) is 6.33 Å². The topological polar surface area (TPSA) is 51.8 Å². The van der Waals surface area contributed by atoms with Gasteiger partial charge in [0.15, 0.2) is 0 Å². The van der Waals surface area contributed by atoms with Crippen LogP contribution in [0.5, 0.6) is 0 Å². The summed E-state index contributed by atoms with van der Waals surface area (Å²) >= 11 is 0. The van der Waals surface area contributed by atoms with Gasteiger partial charge < -0.3 is 5.73 Å². The molecule has 0 saturated heterocycles. The molecule has 0 aliphatic rings. The Bertz CT molecular complexity index is 454. The van der Waals surface area contributed by atoms with Gasteiger partial charge in [-0.1, -0.05) is 30.3 Å². The predicted molar refractivity (Wildman–Crippen MR) is 63.8 cm³/mol. The van der Waals surface area contributed by atoms with Crippen molar-refractivity contribution in [2.24, 2.45) is 5.73 Å². The van der Waals surface area contributed by atoms with E-state index in [-0.39, 0.29) is 6.04 Å². The summed E-state index contributed by atoms with van der Waals surface area (Å²) in [6, 6.07) is 12.1. The first-order valence-electron chi connectivity index (χ1n) is 5.34. The molecular weight excluding hydrogens is 198 g/mol. The van der Waals surface area contributed by atoms with Crippen molar-refractivity contribution < 1.29 is 0 Å². The second-order valence-corrected chi connectivity index (χ2v) is 3.88. The van der Waals surface area contributed by atoms with Gasteiger partial charge in [-0.25, -0.2) is 9.97 Å². The summed E-state index contributed by atoms with van der Waals surface area (Å²) in [5.41, 5.74) is 9.19. The molecule has 1 heterocycles. The molecule has 0 fully saturated rings. The number of benzene rings is 1. The van der Waals surface area contributed by atoms with Gasteiger partial charge in [0.05, 0.1) is 11.7 Å². The van der Waals surface area contributed by atoms with E-state index in [4.69, 9.17) is 5.73 Å². The molecule has 2 N–H and O–H groups in total. The van der Waals surface area contributed by atoms with E-state index in [1.165, 1.54) is 5.56 Å². The van der Waals surface area contributed by atoms with E-state index < -0.39 is 0 Å². The molecule has 0 aliphatic carbocycles. The summed E-state index contributed by atoms with van der Waals surface area (Å²) in [6.07, 6.45) is 2.37. The Hall–Kier alpha value is -1.74. The van der Waals surface area contributed by atoms with E-state index in [1.54, 1.807) is 6.33 Å². The standard InChI is InChI=1S/C13H15N3/c1-10-7-13(16-9-15-10)12(14)8-11-5-3-2-4-6-11/h2-7,9,12H,8,14H2,1H3. The van der Waals surface area contributed by atoms with Crippen LogP contribution >= 0.6 is 0 Å². The Labute approximate surface area is 95.4 Å². The highest BCUT2D eigenvalue weighted by molar-refractivity contribution is 5.19. The Morgan fingerprint density at radius 1 is 1.19 bits per heavy atom. The second-order valence-electron chi connectivity index (χ2n) is 3.88. The van der Waals surface area contributed by atoms with Crippen LogP contribution in [0.3, 0.4) is 0 Å². The van der Waals surface area contributed by atoms with Crippen LogP contribution < -0.4 is 5.73 Å². The lowest BCUT2D eigenvalue weighted by Gasteiger charge is -2.11. The SMILES string of the molecule is Cc1cc(C(N)Cc2ccccc2)ncn1. The molecule has 2 rings (SSSR count). The van der Waals surface area contributed by atoms with Crippen LogP contribution in [0.15, 0.2) is 42.7 Å². The zero-order valence-corrected chi connectivity index (χ0v) is 9.30. The van der Waals surface area contributed by atoms with E-state index in [9.17, 15) is 0 Å². The number of nitrogens with two attached hydrogens (primary N) is 1. The van der Waals surface area contributed by atoms with Gasteiger partial charge >= 0.3 is 0 Å². The third kappa shape index (κ3) is 2.64. The molecule has 2 aromatic rings. The Morgan fingerprint density at radius 3 is 2.62 bits per heavy atom. The molecule has 1 aromatic carbocycles. The zero-order chi connectivity index (χ0) is 11.4. The molecule has 0 radical (unpaired) electrons. The maximum absolute atomic E-state index is 6.11. The van der Waals surface area contributed by atoms with Gasteiger partial charge in [-0.3, -0.25) is 0 Å². The molecule has 1 unspecified atom stereocenters. The average Bonchev–Trinajstić information content (AvgIpc) is 2.30. The van der Waals surface area contributed by atoms with Crippen molar-refractivity contribution in [2.75, 3.05) is 0 Å². The van der Waals surface area contributed by atoms with Crippen molar-refractivity contribution in [3.63, 3.8) is 0 Å². The van der Waals surface area contributed by atoms with Crippen LogP contribution in [0.4, 0.5) is 0 Å². The summed E-state index contributed by atoms with van der Waals surface area (Å²) in [5, 5.41) is 0. The van der Waals surface area contributed by atoms with Crippen LogP contribution in [0.1, 0.15) is 23.0 Å². The third-order valence-corrected chi connectivity index (χ3v) is 2.50. The van der Waals surface area contributed by atoms with E-state index in [2.05, 4.69) is 22.1 Å². The predicted octanol–water partition coefficient (Wildman–Crippen LogP) is 2.03. The minimum atomic E-state index is -0.0656. The smallest absolute Gasteiger partial charge is 0.115 e. The molecule has 0 saturated carbocycles. The van der Waals surface area contributed by atoms with Gasteiger partial charge in [0.2, 0.25) is 0 Å². The normalized spacial score (nSPS) is 12.4. The highest BCUT2D eigenvalue weighted by Gasteiger charge is 2.08. The average molecular weight is 213 g/mol. The lowest BCUT2D eigenvalue weighted by Crippen LogP contribution is -2.15. The minimum absolute atomic E-state index is 0.0656. The van der Waals surface area contributed by atoms with Crippen LogP contribution in [-0.2, 0) is 6.42 Å². The highest BCUT2D eigenvalue weighted by Crippen LogP contribution is 2.13. The van der Waals surface area contributed by atoms with Gasteiger partial charge in [-0.05, 0) is 25.0 Å². The van der Waals surface area contributed by atoms with Crippen LogP contribution in [0, 0.1) is 6.92 Å². The lowest BCUT2D eigenvalue weighted by atomic mass is 10.0. The molecule has 0 bridgehead atoms. The first-order valence-corrected chi connectivity index (χ1v) is 5.34. The Balaban J connectivity index is 2.12. The number of rotatable bonds is 3. The maximum atomic E-state index is 6.11. The van der Waals surface area contributed by atoms with E-state index >= 15 is 0 Å². The van der Waals surface area contributed by atoms with Gasteiger partial charge in [0, 0.05) is 5.69 Å². The molecule has 82 valence electrons. The number of aryl methyl sites for hydroxylation is 1. The van der Waals surface area contributed by atoms with Crippen molar-refractivity contribution in [3.8, 4) is 0 Å². The molecule has 1 aromatic heterocycles. The summed E-state index contributed by atoms with van der Waals surface area (Å²) in [7, 11) is 0. The summed E-state index contributed by atoms with van der Waals surface area (Å²) in [5.74, 6) is 0. The van der Waals surface area contributed by atoms with E-state index in [0.29, 0.717) is 0 Å². The van der Waals surface area contributed by atoms with E-state index in [1.807, 2.05) is 31.2 Å². The number of hydrogen-bond acceptors (Lipinski definition) is 3. The molecule has 3 heteroatoms. The molecule has 16 heavy (non-hydrogen) atoms. The fraction of sp³-hybridized carbons (Fsp3) is 0.231. The molecule has 0 aliphatic heterocycles. The van der Waals surface area contributed by atoms with Crippen molar-refractivity contribution in [2.45, 2.75) is 19.4 Å². The van der Waals surface area contributed by atoms with Gasteiger partial charge in [-0.2, -0.15) is 0 Å². The minimum Gasteiger partial charge on any atom is -0.322 e. The Morgan fingerprint density at radius 2 is 1.94 bits per heavy atom. The largest absolute Gasteiger partial charge is 0.322 e. The van der Waals surface area contributed by atoms with Crippen molar-refractivity contribution in [3.05, 3.63) is 59.7 Å². The van der Waals surface area contributed by atoms with Crippen LogP contribution in [-0.4, -0.2) is 9.97 Å². The maximum Gasteiger partial charge on any atom is 0.115 e. The lowest BCUT2D eigenvalue weighted by molar-refractivity contribution is 0.691. The summed E-state index contributed by atoms with van der Waals surface area (Å²) in [4.78, 5) is 8.26. The highest BCUT2D eigenvalue weighted by atomic mass is 14.9. The first-order chi connectivity index (χ1) is 7.75. The fourth-order valence-corrected chi connectivity index (χ4v) is 1.65. The fourth-order valence-electron chi connectivity index (χ4n) is 1.65. The van der Waals surface area contributed by atoms with Crippen LogP contribution in [0.25, 0.3) is 0 Å². The van der Waals surface area contributed by atoms with Gasteiger partial charge in [-0.15, -0.1) is 0 Å². The number of nitrogens with zero attached hydrogens (tertiary/aromatic N) is 2. The first kappa shape index (κ1) is 10.8.